The molecule has 24 heavy (non-hydrogen) atoms. The summed E-state index contributed by atoms with van der Waals surface area (Å²) in [4.78, 5) is 11.8. The molecule has 1 atom stereocenters. The maximum Gasteiger partial charge on any atom is 0.272 e. The van der Waals surface area contributed by atoms with Crippen LogP contribution in [0.2, 0.25) is 10.0 Å². The van der Waals surface area contributed by atoms with Crippen LogP contribution < -0.4 is 4.90 Å². The van der Waals surface area contributed by atoms with Crippen molar-refractivity contribution >= 4 is 46.0 Å². The fourth-order valence-corrected chi connectivity index (χ4v) is 2.38. The van der Waals surface area contributed by atoms with E-state index in [4.69, 9.17) is 23.2 Å². The van der Waals surface area contributed by atoms with Crippen molar-refractivity contribution < 1.29 is 10.0 Å². The molecule has 7 nitrogen and oxygen atoms in total. The van der Waals surface area contributed by atoms with E-state index < -0.39 is 11.2 Å². The summed E-state index contributed by atoms with van der Waals surface area (Å²) < 4.78 is 0. The quantitative estimate of drug-likeness (QED) is 0.344. The van der Waals surface area contributed by atoms with E-state index in [9.17, 15) is 15.2 Å². The predicted molar refractivity (Wildman–Crippen MR) is 93.8 cm³/mol. The largest absolute Gasteiger partial charge is 0.374 e. The van der Waals surface area contributed by atoms with Crippen molar-refractivity contribution in [3.8, 4) is 0 Å². The molecule has 1 N–H and O–H groups in total. The first-order valence-corrected chi connectivity index (χ1v) is 7.61. The molecule has 9 heteroatoms. The minimum absolute atomic E-state index is 0.0448. The van der Waals surface area contributed by atoms with Crippen LogP contribution in [0.1, 0.15) is 6.92 Å². The van der Waals surface area contributed by atoms with Crippen LogP contribution in [0, 0.1) is 10.1 Å². The van der Waals surface area contributed by atoms with Gasteiger partial charge in [0, 0.05) is 24.9 Å². The number of rotatable bonds is 5. The zero-order chi connectivity index (χ0) is 17.9. The van der Waals surface area contributed by atoms with E-state index in [0.717, 1.165) is 5.69 Å². The normalized spacial score (nSPS) is 12.4. The van der Waals surface area contributed by atoms with Crippen LogP contribution in [-0.4, -0.2) is 23.3 Å². The molecule has 0 aliphatic heterocycles. The van der Waals surface area contributed by atoms with Crippen LogP contribution >= 0.6 is 23.2 Å². The summed E-state index contributed by atoms with van der Waals surface area (Å²) >= 11 is 11.9. The second-order valence-corrected chi connectivity index (χ2v) is 5.79. The van der Waals surface area contributed by atoms with Gasteiger partial charge in [-0.1, -0.05) is 23.2 Å². The number of anilines is 1. The van der Waals surface area contributed by atoms with E-state index in [0.29, 0.717) is 5.69 Å². The van der Waals surface area contributed by atoms with E-state index >= 15 is 0 Å². The van der Waals surface area contributed by atoms with Gasteiger partial charge in [0.1, 0.15) is 11.9 Å². The number of aliphatic hydroxyl groups excluding tert-OH is 1. The van der Waals surface area contributed by atoms with Crippen LogP contribution in [0.3, 0.4) is 0 Å². The van der Waals surface area contributed by atoms with Gasteiger partial charge in [-0.05, 0) is 31.2 Å². The van der Waals surface area contributed by atoms with Crippen molar-refractivity contribution in [1.29, 1.82) is 0 Å². The lowest BCUT2D eigenvalue weighted by atomic mass is 10.2. The molecule has 126 valence electrons. The van der Waals surface area contributed by atoms with Crippen LogP contribution in [-0.2, 0) is 0 Å². The van der Waals surface area contributed by atoms with E-state index in [2.05, 4.69) is 10.2 Å². The summed E-state index contributed by atoms with van der Waals surface area (Å²) in [5, 5.41) is 28.3. The number of halogens is 2. The maximum absolute atomic E-state index is 10.7. The van der Waals surface area contributed by atoms with Gasteiger partial charge >= 0.3 is 0 Å². The number of azo groups is 1. The number of benzene rings is 2. The second-order valence-electron chi connectivity index (χ2n) is 4.97. The van der Waals surface area contributed by atoms with Gasteiger partial charge in [0.25, 0.3) is 5.69 Å². The number of non-ortho nitro benzene ring substituents is 1. The summed E-state index contributed by atoms with van der Waals surface area (Å²) in [7, 11) is 1.76. The molecule has 1 unspecified atom stereocenters. The van der Waals surface area contributed by atoms with Gasteiger partial charge in [-0.15, -0.1) is 5.11 Å². The smallest absolute Gasteiger partial charge is 0.272 e. The molecule has 0 saturated carbocycles. The Hall–Kier alpha value is -2.22. The molecule has 0 fully saturated rings. The van der Waals surface area contributed by atoms with Gasteiger partial charge < -0.3 is 10.0 Å². The van der Waals surface area contributed by atoms with Crippen LogP contribution in [0.4, 0.5) is 22.7 Å². The standard InChI is InChI=1S/C15H14Cl2N4O3/c1-9(22)20(2)11-5-3-10(4-6-11)18-19-15-13(16)7-12(21(23)24)8-14(15)17/h3-9,22H,1-2H3/b19-18+. The van der Waals surface area contributed by atoms with Gasteiger partial charge in [0.15, 0.2) is 0 Å². The van der Waals surface area contributed by atoms with E-state index in [1.165, 1.54) is 12.1 Å². The molecule has 0 radical (unpaired) electrons. The number of hydrogen-bond donors (Lipinski definition) is 1. The Labute approximate surface area is 148 Å². The first-order valence-electron chi connectivity index (χ1n) is 6.85. The highest BCUT2D eigenvalue weighted by molar-refractivity contribution is 6.39. The monoisotopic (exact) mass is 368 g/mol. The van der Waals surface area contributed by atoms with Crippen molar-refractivity contribution in [3.05, 3.63) is 56.6 Å². The Morgan fingerprint density at radius 3 is 2.17 bits per heavy atom. The Balaban J connectivity index is 2.24. The van der Waals surface area contributed by atoms with Gasteiger partial charge in [0.05, 0.1) is 20.7 Å². The van der Waals surface area contributed by atoms with Crippen molar-refractivity contribution in [2.45, 2.75) is 13.2 Å². The fourth-order valence-electron chi connectivity index (χ4n) is 1.83. The third-order valence-corrected chi connectivity index (χ3v) is 3.87. The summed E-state index contributed by atoms with van der Waals surface area (Å²) in [5.41, 5.74) is 1.31. The van der Waals surface area contributed by atoms with E-state index in [1.54, 1.807) is 43.1 Å². The van der Waals surface area contributed by atoms with Crippen molar-refractivity contribution in [1.82, 2.24) is 0 Å². The first-order chi connectivity index (χ1) is 11.3. The molecular formula is C15H14Cl2N4O3. The average molecular weight is 369 g/mol. The van der Waals surface area contributed by atoms with E-state index in [-0.39, 0.29) is 21.4 Å². The van der Waals surface area contributed by atoms with Crippen LogP contribution in [0.15, 0.2) is 46.6 Å². The highest BCUT2D eigenvalue weighted by atomic mass is 35.5. The molecule has 2 rings (SSSR count). The number of nitro benzene ring substituents is 1. The van der Waals surface area contributed by atoms with Gasteiger partial charge in [-0.3, -0.25) is 10.1 Å². The Kier molecular flexibility index (Phi) is 5.71. The van der Waals surface area contributed by atoms with Gasteiger partial charge in [0.2, 0.25) is 0 Å². The zero-order valence-electron chi connectivity index (χ0n) is 12.8. The Morgan fingerprint density at radius 1 is 1.17 bits per heavy atom. The molecule has 0 saturated heterocycles. The lowest BCUT2D eigenvalue weighted by molar-refractivity contribution is -0.384. The highest BCUT2D eigenvalue weighted by Gasteiger charge is 2.14. The predicted octanol–water partition coefficient (Wildman–Crippen LogP) is 5.09. The average Bonchev–Trinajstić information content (AvgIpc) is 2.53. The fraction of sp³-hybridized carbons (Fsp3) is 0.200. The molecule has 2 aromatic rings. The zero-order valence-corrected chi connectivity index (χ0v) is 14.4. The van der Waals surface area contributed by atoms with Crippen molar-refractivity contribution in [3.63, 3.8) is 0 Å². The van der Waals surface area contributed by atoms with Gasteiger partial charge in [-0.25, -0.2) is 0 Å². The lowest BCUT2D eigenvalue weighted by Gasteiger charge is -2.22. The first kappa shape index (κ1) is 18.1. The minimum atomic E-state index is -0.616. The molecule has 0 aliphatic carbocycles. The third-order valence-electron chi connectivity index (χ3n) is 3.30. The maximum atomic E-state index is 10.7. The second kappa shape index (κ2) is 7.57. The van der Waals surface area contributed by atoms with Crippen LogP contribution in [0.25, 0.3) is 0 Å². The number of aliphatic hydroxyl groups is 1. The van der Waals surface area contributed by atoms with Crippen molar-refractivity contribution in [2.75, 3.05) is 11.9 Å². The molecule has 0 bridgehead atoms. The molecule has 0 aliphatic rings. The van der Waals surface area contributed by atoms with Gasteiger partial charge in [-0.2, -0.15) is 5.11 Å². The molecule has 0 spiro atoms. The summed E-state index contributed by atoms with van der Waals surface area (Å²) in [5.74, 6) is 0. The van der Waals surface area contributed by atoms with Crippen molar-refractivity contribution in [2.24, 2.45) is 10.2 Å². The Morgan fingerprint density at radius 2 is 1.71 bits per heavy atom. The Bertz CT molecular complexity index is 756. The van der Waals surface area contributed by atoms with Crippen LogP contribution in [0.5, 0.6) is 0 Å². The number of hydrogen-bond acceptors (Lipinski definition) is 6. The summed E-state index contributed by atoms with van der Waals surface area (Å²) in [6.45, 7) is 1.66. The third kappa shape index (κ3) is 4.19. The minimum Gasteiger partial charge on any atom is -0.374 e. The molecule has 0 amide bonds. The molecule has 0 aromatic heterocycles. The molecule has 0 heterocycles. The van der Waals surface area contributed by atoms with E-state index in [1.807, 2.05) is 0 Å². The molecule has 2 aromatic carbocycles. The summed E-state index contributed by atoms with van der Waals surface area (Å²) in [6.07, 6.45) is -0.616. The lowest BCUT2D eigenvalue weighted by Crippen LogP contribution is -2.27. The number of nitro groups is 1. The molecular weight excluding hydrogens is 355 g/mol. The highest BCUT2D eigenvalue weighted by Crippen LogP contribution is 2.37. The summed E-state index contributed by atoms with van der Waals surface area (Å²) in [6, 6.07) is 9.32. The topological polar surface area (TPSA) is 91.3 Å². The number of nitrogens with zero attached hydrogens (tertiary/aromatic N) is 4. The SMILES string of the molecule is CC(O)N(C)c1ccc(/N=N/c2c(Cl)cc([N+](=O)[O-])cc2Cl)cc1.